The lowest BCUT2D eigenvalue weighted by molar-refractivity contribution is -0.120. The highest BCUT2D eigenvalue weighted by molar-refractivity contribution is 7.88. The van der Waals surface area contributed by atoms with Gasteiger partial charge in [0.1, 0.15) is 0 Å². The van der Waals surface area contributed by atoms with Crippen LogP contribution in [0.5, 0.6) is 0 Å². The van der Waals surface area contributed by atoms with Crippen molar-refractivity contribution in [3.05, 3.63) is 40.2 Å². The summed E-state index contributed by atoms with van der Waals surface area (Å²) in [6.07, 6.45) is 2.16. The Bertz CT molecular complexity index is 1010. The molecule has 1 fully saturated rings. The third-order valence-corrected chi connectivity index (χ3v) is 6.09. The lowest BCUT2D eigenvalue weighted by Crippen LogP contribution is -2.40. The Hall–Kier alpha value is -2.23. The Labute approximate surface area is 157 Å². The second kappa shape index (κ2) is 7.79. The first-order valence-corrected chi connectivity index (χ1v) is 10.5. The molecule has 3 rings (SSSR count). The van der Waals surface area contributed by atoms with Crippen molar-refractivity contribution in [2.75, 3.05) is 31.8 Å². The van der Waals surface area contributed by atoms with Crippen LogP contribution < -0.4 is 10.9 Å². The van der Waals surface area contributed by atoms with Gasteiger partial charge in [0.05, 0.1) is 18.4 Å². The van der Waals surface area contributed by atoms with Crippen LogP contribution in [0, 0.1) is 5.92 Å². The fourth-order valence-corrected chi connectivity index (χ4v) is 4.25. The summed E-state index contributed by atoms with van der Waals surface area (Å²) in [7, 11) is -1.65. The van der Waals surface area contributed by atoms with Gasteiger partial charge in [0.15, 0.2) is 0 Å². The van der Waals surface area contributed by atoms with E-state index < -0.39 is 10.0 Å². The minimum atomic E-state index is -3.21. The topological polar surface area (TPSA) is 109 Å². The zero-order valence-corrected chi connectivity index (χ0v) is 16.1. The van der Waals surface area contributed by atoms with E-state index in [0.717, 1.165) is 10.9 Å². The summed E-state index contributed by atoms with van der Waals surface area (Å²) in [6.45, 7) is 1.02. The maximum Gasteiger partial charge on any atom is 0.248 e. The van der Waals surface area contributed by atoms with E-state index in [9.17, 15) is 18.0 Å². The van der Waals surface area contributed by atoms with E-state index in [0.29, 0.717) is 43.7 Å². The van der Waals surface area contributed by atoms with Gasteiger partial charge in [-0.25, -0.2) is 12.7 Å². The van der Waals surface area contributed by atoms with Crippen molar-refractivity contribution in [3.8, 4) is 0 Å². The van der Waals surface area contributed by atoms with Gasteiger partial charge in [0.2, 0.25) is 21.5 Å². The molecule has 0 atom stereocenters. The smallest absolute Gasteiger partial charge is 0.248 e. The van der Waals surface area contributed by atoms with Gasteiger partial charge < -0.3 is 15.0 Å². The average Bonchev–Trinajstić information content (AvgIpc) is 2.61. The molecule has 1 aliphatic heterocycles. The maximum absolute atomic E-state index is 12.5. The molecule has 1 aliphatic rings. The number of pyridine rings is 1. The van der Waals surface area contributed by atoms with Crippen LogP contribution in [-0.4, -0.2) is 50.1 Å². The molecule has 2 aromatic rings. The van der Waals surface area contributed by atoms with Crippen LogP contribution in [0.15, 0.2) is 29.1 Å². The van der Waals surface area contributed by atoms with E-state index in [1.165, 1.54) is 16.6 Å². The Morgan fingerprint density at radius 3 is 2.63 bits per heavy atom. The van der Waals surface area contributed by atoms with E-state index in [-0.39, 0.29) is 17.4 Å². The van der Waals surface area contributed by atoms with E-state index in [2.05, 4.69) is 10.3 Å². The van der Waals surface area contributed by atoms with Crippen molar-refractivity contribution in [3.63, 3.8) is 0 Å². The second-order valence-corrected chi connectivity index (χ2v) is 8.76. The van der Waals surface area contributed by atoms with Crippen molar-refractivity contribution < 1.29 is 17.9 Å². The Kier molecular flexibility index (Phi) is 5.64. The highest BCUT2D eigenvalue weighted by Crippen LogP contribution is 2.23. The lowest BCUT2D eigenvalue weighted by atomic mass is 9.97. The van der Waals surface area contributed by atoms with Gasteiger partial charge in [-0.1, -0.05) is 6.07 Å². The third-order valence-electron chi connectivity index (χ3n) is 4.79. The third kappa shape index (κ3) is 4.55. The number of methoxy groups -OCH3 is 1. The van der Waals surface area contributed by atoms with Crippen LogP contribution in [-0.2, 0) is 26.2 Å². The fraction of sp³-hybridized carbons (Fsp3) is 0.444. The second-order valence-electron chi connectivity index (χ2n) is 6.78. The number of fused-ring (bicyclic) bond motifs is 1. The van der Waals surface area contributed by atoms with Gasteiger partial charge >= 0.3 is 0 Å². The van der Waals surface area contributed by atoms with E-state index in [1.807, 2.05) is 6.07 Å². The van der Waals surface area contributed by atoms with Gasteiger partial charge in [0.25, 0.3) is 0 Å². The number of hydrogen-bond acceptors (Lipinski definition) is 5. The lowest BCUT2D eigenvalue weighted by Gasteiger charge is -2.29. The normalized spacial score (nSPS) is 16.5. The number of nitrogens with one attached hydrogen (secondary N) is 2. The predicted molar refractivity (Wildman–Crippen MR) is 103 cm³/mol. The summed E-state index contributed by atoms with van der Waals surface area (Å²) in [5.41, 5.74) is 1.76. The van der Waals surface area contributed by atoms with Gasteiger partial charge in [-0.3, -0.25) is 9.59 Å². The van der Waals surface area contributed by atoms with Gasteiger partial charge in [0, 0.05) is 43.3 Å². The van der Waals surface area contributed by atoms with Crippen LogP contribution in [0.3, 0.4) is 0 Å². The van der Waals surface area contributed by atoms with Gasteiger partial charge in [-0.15, -0.1) is 0 Å². The maximum atomic E-state index is 12.5. The number of anilines is 1. The minimum Gasteiger partial charge on any atom is -0.380 e. The zero-order chi connectivity index (χ0) is 19.6. The number of ether oxygens (including phenoxy) is 1. The average molecular weight is 393 g/mol. The standard InChI is InChI=1S/C18H23N3O5S/c1-26-11-13-9-17(22)20-16-10-14(3-4-15(13)16)19-18(23)12-5-7-21(8-6-12)27(2,24)25/h3-4,9-10,12H,5-8,11H2,1-2H3,(H,19,23)(H,20,22). The number of hydrogen-bond donors (Lipinski definition) is 2. The van der Waals surface area contributed by atoms with Crippen LogP contribution in [0.2, 0.25) is 0 Å². The molecule has 0 unspecified atom stereocenters. The van der Waals surface area contributed by atoms with E-state index >= 15 is 0 Å². The molecule has 2 N–H and O–H groups in total. The number of benzene rings is 1. The number of H-pyrrole nitrogens is 1. The Morgan fingerprint density at radius 2 is 2.00 bits per heavy atom. The fourth-order valence-electron chi connectivity index (χ4n) is 3.38. The number of rotatable bonds is 5. The van der Waals surface area contributed by atoms with Crippen LogP contribution >= 0.6 is 0 Å². The van der Waals surface area contributed by atoms with Crippen molar-refractivity contribution in [2.45, 2.75) is 19.4 Å². The monoisotopic (exact) mass is 393 g/mol. The molecule has 2 heterocycles. The van der Waals surface area contributed by atoms with E-state index in [4.69, 9.17) is 4.74 Å². The van der Waals surface area contributed by atoms with Crippen LogP contribution in [0.25, 0.3) is 10.9 Å². The molecule has 1 amide bonds. The number of aromatic nitrogens is 1. The Morgan fingerprint density at radius 1 is 1.30 bits per heavy atom. The molecule has 0 radical (unpaired) electrons. The molecular formula is C18H23N3O5S. The summed E-state index contributed by atoms with van der Waals surface area (Å²) in [5.74, 6) is -0.379. The van der Waals surface area contributed by atoms with Gasteiger partial charge in [-0.2, -0.15) is 0 Å². The predicted octanol–water partition coefficient (Wildman–Crippen LogP) is 1.28. The number of carbonyl (C=O) groups excluding carboxylic acids is 1. The molecule has 0 saturated carbocycles. The van der Waals surface area contributed by atoms with Gasteiger partial charge in [-0.05, 0) is 30.5 Å². The first-order chi connectivity index (χ1) is 12.8. The largest absolute Gasteiger partial charge is 0.380 e. The van der Waals surface area contributed by atoms with Crippen LogP contribution in [0.1, 0.15) is 18.4 Å². The number of aromatic amines is 1. The molecule has 0 bridgehead atoms. The SMILES string of the molecule is COCc1cc(=O)[nH]c2cc(NC(=O)C3CCN(S(C)(=O)=O)CC3)ccc12. The molecule has 0 spiro atoms. The molecule has 1 saturated heterocycles. The molecule has 1 aromatic heterocycles. The molecule has 146 valence electrons. The number of carbonyl (C=O) groups is 1. The molecular weight excluding hydrogens is 370 g/mol. The first-order valence-electron chi connectivity index (χ1n) is 8.69. The minimum absolute atomic E-state index is 0.141. The van der Waals surface area contributed by atoms with Crippen molar-refractivity contribution >= 4 is 32.5 Å². The van der Waals surface area contributed by atoms with Crippen molar-refractivity contribution in [1.82, 2.24) is 9.29 Å². The zero-order valence-electron chi connectivity index (χ0n) is 15.3. The van der Waals surface area contributed by atoms with Crippen molar-refractivity contribution in [2.24, 2.45) is 5.92 Å². The molecule has 0 aliphatic carbocycles. The highest BCUT2D eigenvalue weighted by Gasteiger charge is 2.28. The number of sulfonamides is 1. The number of nitrogens with zero attached hydrogens (tertiary/aromatic N) is 1. The summed E-state index contributed by atoms with van der Waals surface area (Å²) in [5, 5.41) is 3.73. The number of piperidine rings is 1. The van der Waals surface area contributed by atoms with E-state index in [1.54, 1.807) is 19.2 Å². The van der Waals surface area contributed by atoms with Crippen molar-refractivity contribution in [1.29, 1.82) is 0 Å². The molecule has 9 heteroatoms. The molecule has 27 heavy (non-hydrogen) atoms. The summed E-state index contributed by atoms with van der Waals surface area (Å²) in [6, 6.07) is 6.84. The Balaban J connectivity index is 1.73. The quantitative estimate of drug-likeness (QED) is 0.796. The first kappa shape index (κ1) is 19.5. The summed E-state index contributed by atoms with van der Waals surface area (Å²) < 4.78 is 29.7. The number of amides is 1. The van der Waals surface area contributed by atoms with Crippen LogP contribution in [0.4, 0.5) is 5.69 Å². The highest BCUT2D eigenvalue weighted by atomic mass is 32.2. The summed E-state index contributed by atoms with van der Waals surface area (Å²) in [4.78, 5) is 27.1. The summed E-state index contributed by atoms with van der Waals surface area (Å²) >= 11 is 0. The molecule has 8 nitrogen and oxygen atoms in total. The molecule has 1 aromatic carbocycles.